The van der Waals surface area contributed by atoms with E-state index in [9.17, 15) is 4.79 Å². The molecule has 2 aromatic rings. The van der Waals surface area contributed by atoms with Crippen LogP contribution in [0.5, 0.6) is 17.2 Å². The van der Waals surface area contributed by atoms with Gasteiger partial charge in [-0.1, -0.05) is 36.9 Å². The van der Waals surface area contributed by atoms with Crippen molar-refractivity contribution in [3.63, 3.8) is 0 Å². The minimum Gasteiger partial charge on any atom is -0.464 e. The summed E-state index contributed by atoms with van der Waals surface area (Å²) in [6.07, 6.45) is 0. The predicted molar refractivity (Wildman–Crippen MR) is 77.9 cm³/mol. The van der Waals surface area contributed by atoms with Crippen molar-refractivity contribution in [3.8, 4) is 17.2 Å². The van der Waals surface area contributed by atoms with Crippen LogP contribution in [0.2, 0.25) is 0 Å². The Morgan fingerprint density at radius 3 is 2.29 bits per heavy atom. The van der Waals surface area contributed by atoms with Crippen LogP contribution in [0.4, 0.5) is 0 Å². The Morgan fingerprint density at radius 1 is 1.00 bits per heavy atom. The summed E-state index contributed by atoms with van der Waals surface area (Å²) in [6.45, 7) is 3.50. The fourth-order valence-corrected chi connectivity index (χ4v) is 1.52. The molecule has 0 aliphatic heterocycles. The molecular formula is C16H15NO4. The monoisotopic (exact) mass is 285 g/mol. The lowest BCUT2D eigenvalue weighted by atomic mass is 10.3. The van der Waals surface area contributed by atoms with Gasteiger partial charge in [0.2, 0.25) is 0 Å². The molecule has 1 N–H and O–H groups in total. The van der Waals surface area contributed by atoms with Crippen molar-refractivity contribution in [2.75, 3.05) is 7.11 Å². The van der Waals surface area contributed by atoms with Crippen molar-refractivity contribution in [3.05, 3.63) is 66.9 Å². The highest BCUT2D eigenvalue weighted by atomic mass is 16.7. The SMILES string of the molecule is C=C(NOc1ccccc1Oc1ccccc1)C(=O)OC. The Labute approximate surface area is 122 Å². The maximum atomic E-state index is 11.2. The molecule has 0 fully saturated rings. The van der Waals surface area contributed by atoms with Gasteiger partial charge in [0.05, 0.1) is 7.11 Å². The van der Waals surface area contributed by atoms with E-state index in [0.29, 0.717) is 17.2 Å². The highest BCUT2D eigenvalue weighted by molar-refractivity contribution is 5.86. The van der Waals surface area contributed by atoms with E-state index in [1.807, 2.05) is 36.4 Å². The van der Waals surface area contributed by atoms with E-state index < -0.39 is 5.97 Å². The Kier molecular flexibility index (Phi) is 4.82. The lowest BCUT2D eigenvalue weighted by Gasteiger charge is -2.13. The molecule has 0 amide bonds. The molecule has 0 unspecified atom stereocenters. The van der Waals surface area contributed by atoms with E-state index in [2.05, 4.69) is 16.8 Å². The molecule has 0 saturated carbocycles. The van der Waals surface area contributed by atoms with Gasteiger partial charge < -0.3 is 14.3 Å². The van der Waals surface area contributed by atoms with Gasteiger partial charge in [-0.25, -0.2) is 10.3 Å². The zero-order valence-corrected chi connectivity index (χ0v) is 11.5. The molecule has 0 spiro atoms. The molecule has 0 aromatic heterocycles. The molecule has 0 radical (unpaired) electrons. The van der Waals surface area contributed by atoms with E-state index in [1.54, 1.807) is 18.2 Å². The van der Waals surface area contributed by atoms with Gasteiger partial charge in [-0.2, -0.15) is 0 Å². The van der Waals surface area contributed by atoms with Crippen molar-refractivity contribution in [1.29, 1.82) is 0 Å². The van der Waals surface area contributed by atoms with Crippen LogP contribution in [-0.4, -0.2) is 13.1 Å². The molecule has 0 heterocycles. The maximum Gasteiger partial charge on any atom is 0.356 e. The molecule has 5 heteroatoms. The fourth-order valence-electron chi connectivity index (χ4n) is 1.52. The molecule has 108 valence electrons. The maximum absolute atomic E-state index is 11.2. The Hall–Kier alpha value is -2.95. The number of carbonyl (C=O) groups is 1. The first-order valence-electron chi connectivity index (χ1n) is 6.22. The highest BCUT2D eigenvalue weighted by Crippen LogP contribution is 2.30. The Balaban J connectivity index is 2.07. The molecule has 0 aliphatic carbocycles. The summed E-state index contributed by atoms with van der Waals surface area (Å²) in [5.41, 5.74) is 2.42. The van der Waals surface area contributed by atoms with Crippen LogP contribution in [0.15, 0.2) is 66.9 Å². The van der Waals surface area contributed by atoms with Crippen LogP contribution in [0.1, 0.15) is 0 Å². The number of esters is 1. The van der Waals surface area contributed by atoms with Crippen molar-refractivity contribution >= 4 is 5.97 Å². The third-order valence-electron chi connectivity index (χ3n) is 2.54. The lowest BCUT2D eigenvalue weighted by molar-refractivity contribution is -0.137. The quantitative estimate of drug-likeness (QED) is 0.502. The number of rotatable bonds is 6. The van der Waals surface area contributed by atoms with E-state index in [1.165, 1.54) is 7.11 Å². The minimum absolute atomic E-state index is 0.00739. The third-order valence-corrected chi connectivity index (χ3v) is 2.54. The molecular weight excluding hydrogens is 270 g/mol. The summed E-state index contributed by atoms with van der Waals surface area (Å²) < 4.78 is 10.2. The van der Waals surface area contributed by atoms with Gasteiger partial charge >= 0.3 is 5.97 Å². The first-order chi connectivity index (χ1) is 10.2. The van der Waals surface area contributed by atoms with Crippen LogP contribution in [-0.2, 0) is 9.53 Å². The van der Waals surface area contributed by atoms with Crippen LogP contribution in [0, 0.1) is 0 Å². The lowest BCUT2D eigenvalue weighted by Crippen LogP contribution is -2.24. The average molecular weight is 285 g/mol. The van der Waals surface area contributed by atoms with Crippen molar-refractivity contribution in [2.45, 2.75) is 0 Å². The van der Waals surface area contributed by atoms with Crippen molar-refractivity contribution in [2.24, 2.45) is 0 Å². The summed E-state index contributed by atoms with van der Waals surface area (Å²) in [4.78, 5) is 16.5. The molecule has 2 rings (SSSR count). The number of para-hydroxylation sites is 3. The first kappa shape index (κ1) is 14.5. The van der Waals surface area contributed by atoms with Crippen LogP contribution in [0.25, 0.3) is 0 Å². The van der Waals surface area contributed by atoms with Gasteiger partial charge in [0, 0.05) is 0 Å². The summed E-state index contributed by atoms with van der Waals surface area (Å²) in [5.74, 6) is 1.01. The van der Waals surface area contributed by atoms with Crippen LogP contribution >= 0.6 is 0 Å². The molecule has 0 bridgehead atoms. The number of nitrogens with one attached hydrogen (secondary N) is 1. The Morgan fingerprint density at radius 2 is 1.62 bits per heavy atom. The third kappa shape index (κ3) is 4.01. The fraction of sp³-hybridized carbons (Fsp3) is 0.0625. The number of hydrogen-bond acceptors (Lipinski definition) is 5. The van der Waals surface area contributed by atoms with Gasteiger partial charge in [0.25, 0.3) is 0 Å². The number of methoxy groups -OCH3 is 1. The normalized spacial score (nSPS) is 9.57. The second kappa shape index (κ2) is 7.00. The van der Waals surface area contributed by atoms with Crippen molar-refractivity contribution < 1.29 is 19.1 Å². The van der Waals surface area contributed by atoms with Gasteiger partial charge in [-0.15, -0.1) is 0 Å². The minimum atomic E-state index is -0.601. The van der Waals surface area contributed by atoms with E-state index in [-0.39, 0.29) is 5.70 Å². The molecule has 0 aliphatic rings. The van der Waals surface area contributed by atoms with Gasteiger partial charge in [0.1, 0.15) is 11.4 Å². The van der Waals surface area contributed by atoms with Gasteiger partial charge in [-0.05, 0) is 24.3 Å². The van der Waals surface area contributed by atoms with Crippen LogP contribution in [0.3, 0.4) is 0 Å². The summed E-state index contributed by atoms with van der Waals surface area (Å²) in [5, 5.41) is 0. The molecule has 0 atom stereocenters. The smallest absolute Gasteiger partial charge is 0.356 e. The standard InChI is InChI=1S/C16H15NO4/c1-12(16(18)19-2)17-21-15-11-7-6-10-14(15)20-13-8-4-3-5-9-13/h3-11,17H,1H2,2H3. The number of hydroxylamine groups is 1. The van der Waals surface area contributed by atoms with E-state index in [0.717, 1.165) is 0 Å². The number of ether oxygens (including phenoxy) is 2. The van der Waals surface area contributed by atoms with Crippen LogP contribution < -0.4 is 15.1 Å². The number of hydrogen-bond donors (Lipinski definition) is 1. The largest absolute Gasteiger partial charge is 0.464 e. The zero-order chi connectivity index (χ0) is 15.1. The summed E-state index contributed by atoms with van der Waals surface area (Å²) in [6, 6.07) is 16.4. The highest BCUT2D eigenvalue weighted by Gasteiger charge is 2.10. The molecule has 21 heavy (non-hydrogen) atoms. The molecule has 2 aromatic carbocycles. The van der Waals surface area contributed by atoms with E-state index in [4.69, 9.17) is 9.57 Å². The van der Waals surface area contributed by atoms with Gasteiger partial charge in [0.15, 0.2) is 11.5 Å². The molecule has 0 saturated heterocycles. The number of benzene rings is 2. The second-order valence-electron chi connectivity index (χ2n) is 4.04. The number of carbonyl (C=O) groups excluding carboxylic acids is 1. The Bertz CT molecular complexity index is 625. The second-order valence-corrected chi connectivity index (χ2v) is 4.04. The predicted octanol–water partition coefficient (Wildman–Crippen LogP) is 3.05. The van der Waals surface area contributed by atoms with Crippen molar-refractivity contribution in [1.82, 2.24) is 5.48 Å². The molecule has 5 nitrogen and oxygen atoms in total. The zero-order valence-electron chi connectivity index (χ0n) is 11.5. The van der Waals surface area contributed by atoms with E-state index >= 15 is 0 Å². The average Bonchev–Trinajstić information content (AvgIpc) is 2.54. The topological polar surface area (TPSA) is 56.8 Å². The van der Waals surface area contributed by atoms with Gasteiger partial charge in [-0.3, -0.25) is 0 Å². The summed E-state index contributed by atoms with van der Waals surface area (Å²) >= 11 is 0. The summed E-state index contributed by atoms with van der Waals surface area (Å²) in [7, 11) is 1.27. The first-order valence-corrected chi connectivity index (χ1v) is 6.22.